The molecule has 1 aromatic heterocycles. The molecule has 0 spiro atoms. The zero-order valence-corrected chi connectivity index (χ0v) is 11.6. The van der Waals surface area contributed by atoms with Gasteiger partial charge in [-0.2, -0.15) is 0 Å². The van der Waals surface area contributed by atoms with E-state index in [4.69, 9.17) is 5.11 Å². The normalized spacial score (nSPS) is 11.9. The van der Waals surface area contributed by atoms with E-state index in [0.717, 1.165) is 6.42 Å². The molecule has 0 radical (unpaired) electrons. The highest BCUT2D eigenvalue weighted by Gasteiger charge is 2.21. The molecule has 5 heteroatoms. The quantitative estimate of drug-likeness (QED) is 0.855. The fourth-order valence-corrected chi connectivity index (χ4v) is 1.78. The van der Waals surface area contributed by atoms with Gasteiger partial charge >= 0.3 is 5.97 Å². The van der Waals surface area contributed by atoms with Crippen molar-refractivity contribution in [1.29, 1.82) is 0 Å². The molecule has 19 heavy (non-hydrogen) atoms. The molecule has 0 saturated carbocycles. The van der Waals surface area contributed by atoms with Crippen LogP contribution in [-0.2, 0) is 0 Å². The summed E-state index contributed by atoms with van der Waals surface area (Å²) in [6, 6.07) is 1.46. The van der Waals surface area contributed by atoms with Crippen LogP contribution in [0.1, 0.15) is 47.9 Å². The van der Waals surface area contributed by atoms with Crippen molar-refractivity contribution >= 4 is 11.9 Å². The number of aromatic carboxylic acids is 1. The van der Waals surface area contributed by atoms with Crippen LogP contribution in [-0.4, -0.2) is 40.0 Å². The van der Waals surface area contributed by atoms with Crippen molar-refractivity contribution < 1.29 is 14.7 Å². The molecule has 0 bridgehead atoms. The second-order valence-electron chi connectivity index (χ2n) is 4.58. The van der Waals surface area contributed by atoms with Gasteiger partial charge in [-0.3, -0.25) is 9.78 Å². The summed E-state index contributed by atoms with van der Waals surface area (Å²) >= 11 is 0. The predicted octanol–water partition coefficient (Wildman–Crippen LogP) is 2.29. The SMILES string of the molecule is CCC(C)CN(CC)C(=O)c1ccncc1C(=O)O. The highest BCUT2D eigenvalue weighted by atomic mass is 16.4. The zero-order chi connectivity index (χ0) is 14.4. The largest absolute Gasteiger partial charge is 0.478 e. The lowest BCUT2D eigenvalue weighted by Crippen LogP contribution is -2.35. The van der Waals surface area contributed by atoms with Crippen LogP contribution < -0.4 is 0 Å². The van der Waals surface area contributed by atoms with E-state index < -0.39 is 5.97 Å². The van der Waals surface area contributed by atoms with Crippen LogP contribution >= 0.6 is 0 Å². The van der Waals surface area contributed by atoms with Crippen molar-refractivity contribution in [3.8, 4) is 0 Å². The Morgan fingerprint density at radius 2 is 2.05 bits per heavy atom. The number of carbonyl (C=O) groups excluding carboxylic acids is 1. The molecule has 1 unspecified atom stereocenters. The van der Waals surface area contributed by atoms with Gasteiger partial charge in [0, 0.05) is 25.5 Å². The molecule has 1 N–H and O–H groups in total. The van der Waals surface area contributed by atoms with Gasteiger partial charge in [0.15, 0.2) is 0 Å². The van der Waals surface area contributed by atoms with Gasteiger partial charge in [0.25, 0.3) is 5.91 Å². The second kappa shape index (κ2) is 6.87. The highest BCUT2D eigenvalue weighted by Crippen LogP contribution is 2.13. The first-order valence-electron chi connectivity index (χ1n) is 6.47. The Morgan fingerprint density at radius 3 is 2.58 bits per heavy atom. The number of hydrogen-bond acceptors (Lipinski definition) is 3. The van der Waals surface area contributed by atoms with Gasteiger partial charge in [-0.15, -0.1) is 0 Å². The molecule has 0 fully saturated rings. The Labute approximate surface area is 113 Å². The molecule has 0 aliphatic rings. The van der Waals surface area contributed by atoms with Crippen LogP contribution in [0.5, 0.6) is 0 Å². The minimum atomic E-state index is -1.13. The lowest BCUT2D eigenvalue weighted by Gasteiger charge is -2.24. The molecule has 1 heterocycles. The maximum absolute atomic E-state index is 12.4. The van der Waals surface area contributed by atoms with E-state index in [9.17, 15) is 9.59 Å². The lowest BCUT2D eigenvalue weighted by atomic mass is 10.1. The number of carboxylic acid groups (broad SMARTS) is 1. The van der Waals surface area contributed by atoms with E-state index in [0.29, 0.717) is 19.0 Å². The van der Waals surface area contributed by atoms with E-state index in [2.05, 4.69) is 18.8 Å². The van der Waals surface area contributed by atoms with Crippen LogP contribution in [0.2, 0.25) is 0 Å². The maximum Gasteiger partial charge on any atom is 0.338 e. The third-order valence-corrected chi connectivity index (χ3v) is 3.18. The molecule has 0 saturated heterocycles. The van der Waals surface area contributed by atoms with Crippen LogP contribution in [0.3, 0.4) is 0 Å². The van der Waals surface area contributed by atoms with Crippen molar-refractivity contribution in [2.45, 2.75) is 27.2 Å². The summed E-state index contributed by atoms with van der Waals surface area (Å²) in [5.41, 5.74) is 0.155. The van der Waals surface area contributed by atoms with Crippen molar-refractivity contribution in [2.24, 2.45) is 5.92 Å². The molecule has 0 aliphatic carbocycles. The first kappa shape index (κ1) is 15.1. The molecule has 1 rings (SSSR count). The molecule has 0 aromatic carbocycles. The van der Waals surface area contributed by atoms with Crippen molar-refractivity contribution in [3.05, 3.63) is 29.6 Å². The van der Waals surface area contributed by atoms with Crippen LogP contribution in [0, 0.1) is 5.92 Å². The molecular weight excluding hydrogens is 244 g/mol. The molecule has 1 aromatic rings. The van der Waals surface area contributed by atoms with E-state index in [1.54, 1.807) is 4.90 Å². The minimum Gasteiger partial charge on any atom is -0.478 e. The molecular formula is C14H20N2O3. The minimum absolute atomic E-state index is 0.0462. The fourth-order valence-electron chi connectivity index (χ4n) is 1.78. The number of rotatable bonds is 6. The van der Waals surface area contributed by atoms with E-state index in [1.165, 1.54) is 18.5 Å². The summed E-state index contributed by atoms with van der Waals surface area (Å²) in [4.78, 5) is 28.9. The summed E-state index contributed by atoms with van der Waals surface area (Å²) in [5.74, 6) is -0.988. The fraction of sp³-hybridized carbons (Fsp3) is 0.500. The Kier molecular flexibility index (Phi) is 5.48. The average Bonchev–Trinajstić information content (AvgIpc) is 2.43. The Morgan fingerprint density at radius 1 is 1.37 bits per heavy atom. The summed E-state index contributed by atoms with van der Waals surface area (Å²) in [5, 5.41) is 9.09. The van der Waals surface area contributed by atoms with Crippen molar-refractivity contribution in [3.63, 3.8) is 0 Å². The number of amides is 1. The summed E-state index contributed by atoms with van der Waals surface area (Å²) in [6.07, 6.45) is 3.63. The number of carboxylic acids is 1. The lowest BCUT2D eigenvalue weighted by molar-refractivity contribution is 0.0671. The predicted molar refractivity (Wildman–Crippen MR) is 72.2 cm³/mol. The van der Waals surface area contributed by atoms with Gasteiger partial charge in [0.1, 0.15) is 0 Å². The number of hydrogen-bond donors (Lipinski definition) is 1. The Hall–Kier alpha value is -1.91. The van der Waals surface area contributed by atoms with Gasteiger partial charge in [-0.1, -0.05) is 20.3 Å². The molecule has 104 valence electrons. The Balaban J connectivity index is 3.01. The second-order valence-corrected chi connectivity index (χ2v) is 4.58. The van der Waals surface area contributed by atoms with Crippen LogP contribution in [0.15, 0.2) is 18.5 Å². The first-order chi connectivity index (χ1) is 9.01. The van der Waals surface area contributed by atoms with E-state index in [-0.39, 0.29) is 17.0 Å². The van der Waals surface area contributed by atoms with E-state index >= 15 is 0 Å². The third kappa shape index (κ3) is 3.77. The number of aromatic nitrogens is 1. The van der Waals surface area contributed by atoms with Gasteiger partial charge in [-0.25, -0.2) is 4.79 Å². The molecule has 5 nitrogen and oxygen atoms in total. The van der Waals surface area contributed by atoms with Gasteiger partial charge in [0.05, 0.1) is 11.1 Å². The van der Waals surface area contributed by atoms with Gasteiger partial charge < -0.3 is 10.0 Å². The monoisotopic (exact) mass is 264 g/mol. The highest BCUT2D eigenvalue weighted by molar-refractivity contribution is 6.04. The van der Waals surface area contributed by atoms with Crippen molar-refractivity contribution in [2.75, 3.05) is 13.1 Å². The molecule has 1 atom stereocenters. The molecule has 1 amide bonds. The van der Waals surface area contributed by atoms with Crippen LogP contribution in [0.4, 0.5) is 0 Å². The smallest absolute Gasteiger partial charge is 0.338 e. The topological polar surface area (TPSA) is 70.5 Å². The summed E-state index contributed by atoms with van der Waals surface area (Å²) in [7, 11) is 0. The van der Waals surface area contributed by atoms with E-state index in [1.807, 2.05) is 6.92 Å². The number of nitrogens with zero attached hydrogens (tertiary/aromatic N) is 2. The summed E-state index contributed by atoms with van der Waals surface area (Å²) in [6.45, 7) is 7.22. The zero-order valence-electron chi connectivity index (χ0n) is 11.6. The van der Waals surface area contributed by atoms with Crippen molar-refractivity contribution in [1.82, 2.24) is 9.88 Å². The standard InChI is InChI=1S/C14H20N2O3/c1-4-10(3)9-16(5-2)13(17)11-6-7-15-8-12(11)14(18)19/h6-8,10H,4-5,9H2,1-3H3,(H,18,19). The van der Waals surface area contributed by atoms with Gasteiger partial charge in [0.2, 0.25) is 0 Å². The number of carbonyl (C=O) groups is 2. The van der Waals surface area contributed by atoms with Crippen LogP contribution in [0.25, 0.3) is 0 Å². The molecule has 0 aliphatic heterocycles. The number of pyridine rings is 1. The van der Waals surface area contributed by atoms with Gasteiger partial charge in [-0.05, 0) is 18.9 Å². The Bertz CT molecular complexity index is 460. The maximum atomic E-state index is 12.4. The third-order valence-electron chi connectivity index (χ3n) is 3.18. The summed E-state index contributed by atoms with van der Waals surface area (Å²) < 4.78 is 0. The first-order valence-corrected chi connectivity index (χ1v) is 6.47. The average molecular weight is 264 g/mol.